The number of anilines is 1. The first-order chi connectivity index (χ1) is 17.0. The van der Waals surface area contributed by atoms with Crippen molar-refractivity contribution in [2.24, 2.45) is 0 Å². The number of benzene rings is 2. The van der Waals surface area contributed by atoms with Gasteiger partial charge in [0.15, 0.2) is 0 Å². The van der Waals surface area contributed by atoms with Gasteiger partial charge in [-0.15, -0.1) is 0 Å². The van der Waals surface area contributed by atoms with Crippen LogP contribution in [0.15, 0.2) is 76.6 Å². The number of hydrogen-bond donors (Lipinski definition) is 2. The minimum absolute atomic E-state index is 0.0434. The molecule has 36 heavy (non-hydrogen) atoms. The Kier molecular flexibility index (Phi) is 7.14. The monoisotopic (exact) mass is 534 g/mol. The van der Waals surface area contributed by atoms with Crippen molar-refractivity contribution in [3.8, 4) is 11.6 Å². The van der Waals surface area contributed by atoms with Crippen LogP contribution in [0, 0.1) is 6.92 Å². The Labute approximate surface area is 212 Å². The maximum absolute atomic E-state index is 13.1. The summed E-state index contributed by atoms with van der Waals surface area (Å²) in [5.74, 6) is -0.545. The van der Waals surface area contributed by atoms with E-state index >= 15 is 0 Å². The lowest BCUT2D eigenvalue weighted by atomic mass is 10.2. The predicted octanol–water partition coefficient (Wildman–Crippen LogP) is 5.61. The number of aromatic hydroxyl groups is 1. The molecule has 2 aromatic heterocycles. The molecule has 2 aromatic carbocycles. The normalized spacial score (nSPS) is 11.5. The predicted molar refractivity (Wildman–Crippen MR) is 131 cm³/mol. The molecule has 7 nitrogen and oxygen atoms in total. The molecule has 186 valence electrons. The Morgan fingerprint density at radius 2 is 1.83 bits per heavy atom. The van der Waals surface area contributed by atoms with E-state index < -0.39 is 17.1 Å². The zero-order valence-electron chi connectivity index (χ0n) is 18.6. The van der Waals surface area contributed by atoms with Gasteiger partial charge in [-0.05, 0) is 72.8 Å². The van der Waals surface area contributed by atoms with E-state index in [1.165, 1.54) is 35.0 Å². The van der Waals surface area contributed by atoms with Crippen molar-refractivity contribution in [2.45, 2.75) is 23.9 Å². The number of pyridine rings is 1. The van der Waals surface area contributed by atoms with Gasteiger partial charge in [0.25, 0.3) is 5.91 Å². The highest BCUT2D eigenvalue weighted by Gasteiger charge is 2.29. The summed E-state index contributed by atoms with van der Waals surface area (Å²) in [5, 5.41) is 13.5. The van der Waals surface area contributed by atoms with E-state index in [0.29, 0.717) is 5.56 Å². The summed E-state index contributed by atoms with van der Waals surface area (Å²) in [5.41, 5.74) is -3.66. The third-order valence-corrected chi connectivity index (χ3v) is 6.29. The summed E-state index contributed by atoms with van der Waals surface area (Å²) in [7, 11) is 0. The van der Waals surface area contributed by atoms with Crippen LogP contribution in [-0.2, 0) is 6.54 Å². The van der Waals surface area contributed by atoms with Gasteiger partial charge in [0.05, 0.1) is 28.5 Å². The molecule has 0 saturated carbocycles. The zero-order chi connectivity index (χ0) is 26.0. The van der Waals surface area contributed by atoms with Crippen molar-refractivity contribution in [3.63, 3.8) is 0 Å². The molecule has 0 aliphatic rings. The number of aromatic nitrogens is 3. The Morgan fingerprint density at radius 3 is 2.50 bits per heavy atom. The number of halogens is 4. The van der Waals surface area contributed by atoms with Gasteiger partial charge in [-0.25, -0.2) is 14.3 Å². The van der Waals surface area contributed by atoms with Gasteiger partial charge in [0.1, 0.15) is 5.82 Å². The van der Waals surface area contributed by atoms with Gasteiger partial charge < -0.3 is 10.4 Å². The second-order valence-electron chi connectivity index (χ2n) is 7.64. The lowest BCUT2D eigenvalue weighted by Crippen LogP contribution is -2.24. The standard InChI is InChI=1S/C24H18ClF3N4O3S/c1-14-22(34)32(16-6-8-17(9-7-16)36-24(26,27)28)23(35)31(14)13-15-10-11-29-20(12-15)30-21(33)18-4-2-3-5-19(18)25/h2-12,34H,13H2,1H3,(H,29,30,33). The fourth-order valence-corrected chi connectivity index (χ4v) is 4.27. The van der Waals surface area contributed by atoms with Crippen molar-refractivity contribution in [1.82, 2.24) is 14.1 Å². The van der Waals surface area contributed by atoms with Gasteiger partial charge in [0, 0.05) is 11.1 Å². The molecule has 2 heterocycles. The van der Waals surface area contributed by atoms with E-state index in [2.05, 4.69) is 10.3 Å². The van der Waals surface area contributed by atoms with Crippen LogP contribution in [-0.4, -0.2) is 30.6 Å². The minimum Gasteiger partial charge on any atom is -0.493 e. The van der Waals surface area contributed by atoms with Crippen molar-refractivity contribution >= 4 is 35.1 Å². The molecule has 0 aliphatic heterocycles. The van der Waals surface area contributed by atoms with Crippen LogP contribution in [0.4, 0.5) is 19.0 Å². The first-order valence-electron chi connectivity index (χ1n) is 10.4. The topological polar surface area (TPSA) is 89.2 Å². The SMILES string of the molecule is Cc1c(O)n(-c2ccc(SC(F)(F)F)cc2)c(=O)n1Cc1ccnc(NC(=O)c2ccccc2Cl)c1. The van der Waals surface area contributed by atoms with Crippen LogP contribution in [0.2, 0.25) is 5.02 Å². The van der Waals surface area contributed by atoms with Crippen LogP contribution in [0.3, 0.4) is 0 Å². The molecule has 0 saturated heterocycles. The molecule has 2 N–H and O–H groups in total. The second kappa shape index (κ2) is 10.1. The lowest BCUT2D eigenvalue weighted by Gasteiger charge is -2.09. The minimum atomic E-state index is -4.43. The quantitative estimate of drug-likeness (QED) is 0.314. The first kappa shape index (κ1) is 25.4. The van der Waals surface area contributed by atoms with Crippen molar-refractivity contribution in [3.05, 3.63) is 99.2 Å². The molecule has 0 spiro atoms. The summed E-state index contributed by atoms with van der Waals surface area (Å²) >= 11 is 5.80. The number of carbonyl (C=O) groups is 1. The molecular formula is C24H18ClF3N4O3S. The van der Waals surface area contributed by atoms with Gasteiger partial charge in [-0.3, -0.25) is 9.36 Å². The second-order valence-corrected chi connectivity index (χ2v) is 9.18. The van der Waals surface area contributed by atoms with E-state index in [1.807, 2.05) is 0 Å². The van der Waals surface area contributed by atoms with Crippen LogP contribution < -0.4 is 11.0 Å². The average Bonchev–Trinajstić information content (AvgIpc) is 3.02. The number of nitrogens with one attached hydrogen (secondary N) is 1. The third-order valence-electron chi connectivity index (χ3n) is 5.22. The maximum atomic E-state index is 13.1. The number of thioether (sulfide) groups is 1. The summed E-state index contributed by atoms with van der Waals surface area (Å²) in [6.07, 6.45) is 1.46. The molecule has 0 bridgehead atoms. The fourth-order valence-electron chi connectivity index (χ4n) is 3.51. The molecule has 0 unspecified atom stereocenters. The number of rotatable bonds is 6. The molecule has 4 aromatic rings. The van der Waals surface area contributed by atoms with Gasteiger partial charge in [0.2, 0.25) is 5.88 Å². The Morgan fingerprint density at radius 1 is 1.14 bits per heavy atom. The van der Waals surface area contributed by atoms with Gasteiger partial charge in [-0.1, -0.05) is 23.7 Å². The van der Waals surface area contributed by atoms with E-state index in [0.717, 1.165) is 4.57 Å². The molecule has 4 rings (SSSR count). The molecule has 1 amide bonds. The Balaban J connectivity index is 1.58. The number of carbonyl (C=O) groups excluding carboxylic acids is 1. The summed E-state index contributed by atoms with van der Waals surface area (Å²) in [6.45, 7) is 1.59. The molecule has 0 radical (unpaired) electrons. The Hall–Kier alpha value is -3.70. The number of nitrogens with zero attached hydrogens (tertiary/aromatic N) is 3. The van der Waals surface area contributed by atoms with E-state index in [4.69, 9.17) is 11.6 Å². The first-order valence-corrected chi connectivity index (χ1v) is 11.6. The van der Waals surface area contributed by atoms with Crippen molar-refractivity contribution in [1.29, 1.82) is 0 Å². The van der Waals surface area contributed by atoms with Crippen molar-refractivity contribution in [2.75, 3.05) is 5.32 Å². The molecule has 0 atom stereocenters. The summed E-state index contributed by atoms with van der Waals surface area (Å²) in [6, 6.07) is 14.9. The van der Waals surface area contributed by atoms with Gasteiger partial charge >= 0.3 is 11.2 Å². The smallest absolute Gasteiger partial charge is 0.446 e. The fraction of sp³-hybridized carbons (Fsp3) is 0.125. The van der Waals surface area contributed by atoms with E-state index in [1.54, 1.807) is 43.3 Å². The van der Waals surface area contributed by atoms with Crippen molar-refractivity contribution < 1.29 is 23.1 Å². The lowest BCUT2D eigenvalue weighted by molar-refractivity contribution is -0.0328. The largest absolute Gasteiger partial charge is 0.493 e. The number of imidazole rings is 1. The average molecular weight is 535 g/mol. The molecular weight excluding hydrogens is 517 g/mol. The maximum Gasteiger partial charge on any atom is 0.446 e. The Bertz CT molecular complexity index is 1480. The summed E-state index contributed by atoms with van der Waals surface area (Å²) in [4.78, 5) is 29.7. The summed E-state index contributed by atoms with van der Waals surface area (Å²) < 4.78 is 40.1. The van der Waals surface area contributed by atoms with Gasteiger partial charge in [-0.2, -0.15) is 13.2 Å². The highest BCUT2D eigenvalue weighted by molar-refractivity contribution is 8.00. The highest BCUT2D eigenvalue weighted by atomic mass is 35.5. The molecule has 0 fully saturated rings. The third kappa shape index (κ3) is 5.58. The zero-order valence-corrected chi connectivity index (χ0v) is 20.2. The molecule has 12 heteroatoms. The number of amides is 1. The molecule has 0 aliphatic carbocycles. The van der Waals surface area contributed by atoms with Crippen LogP contribution in [0.1, 0.15) is 21.6 Å². The highest BCUT2D eigenvalue weighted by Crippen LogP contribution is 2.37. The van der Waals surface area contributed by atoms with Crippen LogP contribution in [0.5, 0.6) is 5.88 Å². The van der Waals surface area contributed by atoms with E-state index in [9.17, 15) is 27.9 Å². The van der Waals surface area contributed by atoms with E-state index in [-0.39, 0.29) is 56.9 Å². The number of alkyl halides is 3. The van der Waals surface area contributed by atoms with Crippen LogP contribution >= 0.6 is 23.4 Å². The van der Waals surface area contributed by atoms with Crippen LogP contribution in [0.25, 0.3) is 5.69 Å². The number of hydrogen-bond acceptors (Lipinski definition) is 5.